The van der Waals surface area contributed by atoms with E-state index < -0.39 is 0 Å². The Morgan fingerprint density at radius 2 is 2.25 bits per heavy atom. The van der Waals surface area contributed by atoms with Gasteiger partial charge >= 0.3 is 0 Å². The highest BCUT2D eigenvalue weighted by atomic mass is 16.5. The van der Waals surface area contributed by atoms with Gasteiger partial charge in [0.05, 0.1) is 32.0 Å². The second kappa shape index (κ2) is 6.01. The number of hydrogen-bond donors (Lipinski definition) is 2. The first-order valence-electron chi connectivity index (χ1n) is 8.48. The van der Waals surface area contributed by atoms with Crippen molar-refractivity contribution in [2.75, 3.05) is 46.4 Å². The monoisotopic (exact) mass is 332 g/mol. The van der Waals surface area contributed by atoms with Crippen molar-refractivity contribution in [3.63, 3.8) is 0 Å². The van der Waals surface area contributed by atoms with Crippen LogP contribution in [0.15, 0.2) is 28.3 Å². The normalized spacial score (nSPS) is 30.2. The molecule has 2 saturated heterocycles. The summed E-state index contributed by atoms with van der Waals surface area (Å²) in [6, 6.07) is 0.322. The fourth-order valence-electron chi connectivity index (χ4n) is 3.73. The number of ether oxygens (including phenoxy) is 1. The van der Waals surface area contributed by atoms with E-state index in [2.05, 4.69) is 50.6 Å². The number of nitrogens with zero attached hydrogens (tertiary/aromatic N) is 4. The van der Waals surface area contributed by atoms with Crippen LogP contribution in [0.5, 0.6) is 0 Å². The van der Waals surface area contributed by atoms with Crippen LogP contribution in [0.1, 0.15) is 6.92 Å². The first-order valence-corrected chi connectivity index (χ1v) is 8.48. The number of fused-ring (bicyclic) bond motifs is 1. The van der Waals surface area contributed by atoms with E-state index in [1.807, 2.05) is 6.21 Å². The van der Waals surface area contributed by atoms with E-state index in [0.717, 1.165) is 43.4 Å². The van der Waals surface area contributed by atoms with Gasteiger partial charge in [-0.3, -0.25) is 10.2 Å². The second-order valence-corrected chi connectivity index (χ2v) is 6.63. The molecular weight excluding hydrogens is 308 g/mol. The molecule has 1 unspecified atom stereocenters. The van der Waals surface area contributed by atoms with E-state index in [1.54, 1.807) is 0 Å². The highest BCUT2D eigenvalue weighted by Crippen LogP contribution is 2.31. The van der Waals surface area contributed by atoms with Gasteiger partial charge in [0.1, 0.15) is 12.0 Å². The number of hydrogen-bond acceptors (Lipinski definition) is 7. The summed E-state index contributed by atoms with van der Waals surface area (Å²) in [6.07, 6.45) is 4.09. The van der Waals surface area contributed by atoms with Crippen molar-refractivity contribution in [1.29, 1.82) is 0 Å². The van der Waals surface area contributed by atoms with Gasteiger partial charge in [0.25, 0.3) is 0 Å². The first-order chi connectivity index (χ1) is 11.6. The Labute approximate surface area is 141 Å². The number of rotatable bonds is 2. The maximum atomic E-state index is 11.8. The lowest BCUT2D eigenvalue weighted by Crippen LogP contribution is -2.54. The molecule has 2 atom stereocenters. The maximum Gasteiger partial charge on any atom is 0.239 e. The molecule has 0 aromatic heterocycles. The van der Waals surface area contributed by atoms with Crippen LogP contribution < -0.4 is 10.7 Å². The third-order valence-electron chi connectivity index (χ3n) is 5.05. The topological polar surface area (TPSA) is 72.4 Å². The molecule has 8 heteroatoms. The number of nitrogens with one attached hydrogen (secondary N) is 2. The van der Waals surface area contributed by atoms with E-state index in [4.69, 9.17) is 4.74 Å². The molecule has 0 spiro atoms. The molecule has 2 N–H and O–H groups in total. The Bertz CT molecular complexity index is 628. The van der Waals surface area contributed by atoms with Crippen molar-refractivity contribution < 1.29 is 9.53 Å². The van der Waals surface area contributed by atoms with Crippen LogP contribution in [0.4, 0.5) is 0 Å². The fraction of sp³-hybridized carbons (Fsp3) is 0.625. The van der Waals surface area contributed by atoms with Gasteiger partial charge < -0.3 is 24.8 Å². The summed E-state index contributed by atoms with van der Waals surface area (Å²) < 4.78 is 5.58. The minimum absolute atomic E-state index is 0.0139. The summed E-state index contributed by atoms with van der Waals surface area (Å²) in [7, 11) is 2.08. The average molecular weight is 332 g/mol. The van der Waals surface area contributed by atoms with E-state index in [9.17, 15) is 4.79 Å². The molecule has 4 aliphatic rings. The Balaban J connectivity index is 1.70. The van der Waals surface area contributed by atoms with Crippen molar-refractivity contribution in [3.8, 4) is 0 Å². The number of likely N-dealkylation sites (N-methyl/N-ethyl adjacent to an activating group) is 1. The Morgan fingerprint density at radius 3 is 3.04 bits per heavy atom. The zero-order valence-corrected chi connectivity index (χ0v) is 14.2. The number of carbonyl (C=O) groups is 1. The molecule has 4 heterocycles. The Morgan fingerprint density at radius 1 is 1.38 bits per heavy atom. The van der Waals surface area contributed by atoms with Crippen LogP contribution >= 0.6 is 0 Å². The van der Waals surface area contributed by atoms with Crippen molar-refractivity contribution in [2.24, 2.45) is 5.10 Å². The molecule has 4 rings (SSSR count). The number of allylic oxidation sites excluding steroid dienone is 1. The zero-order valence-electron chi connectivity index (χ0n) is 14.2. The van der Waals surface area contributed by atoms with E-state index >= 15 is 0 Å². The van der Waals surface area contributed by atoms with Gasteiger partial charge in [0.2, 0.25) is 5.91 Å². The molecule has 1 amide bonds. The molecule has 0 radical (unpaired) electrons. The van der Waals surface area contributed by atoms with Crippen LogP contribution in [-0.4, -0.2) is 85.5 Å². The van der Waals surface area contributed by atoms with Crippen LogP contribution in [0, 0.1) is 0 Å². The van der Waals surface area contributed by atoms with Crippen molar-refractivity contribution in [1.82, 2.24) is 25.4 Å². The maximum absolute atomic E-state index is 11.8. The number of amides is 1. The molecule has 0 bridgehead atoms. The Kier molecular flexibility index (Phi) is 3.84. The number of carbonyl (C=O) groups excluding carboxylic acids is 1. The van der Waals surface area contributed by atoms with Crippen LogP contribution in [0.2, 0.25) is 0 Å². The van der Waals surface area contributed by atoms with Crippen LogP contribution in [0.3, 0.4) is 0 Å². The number of piperazine rings is 1. The summed E-state index contributed by atoms with van der Waals surface area (Å²) in [6.45, 7) is 6.41. The van der Waals surface area contributed by atoms with Gasteiger partial charge in [-0.05, 0) is 6.92 Å². The van der Waals surface area contributed by atoms with E-state index in [-0.39, 0.29) is 12.1 Å². The number of hydrazone groups is 1. The van der Waals surface area contributed by atoms with E-state index in [0.29, 0.717) is 19.1 Å². The summed E-state index contributed by atoms with van der Waals surface area (Å²) in [5.74, 6) is 1.22. The minimum atomic E-state index is 0.0139. The molecule has 130 valence electrons. The third-order valence-corrected chi connectivity index (χ3v) is 5.05. The standard InChI is InChI=1S/C16H24N6O2/c1-11-10-24-6-5-22(11)15-7-13(21-4-3-17-14(23)9-21)12-8-18-19-16(12)20(15)2/h7-8,11,16,19H,3-6,9-10H2,1-2H3,(H,17,23)/t11-,16?/m1/s1. The quantitative estimate of drug-likeness (QED) is 0.683. The molecule has 24 heavy (non-hydrogen) atoms. The molecule has 0 aromatic rings. The molecule has 4 aliphatic heterocycles. The summed E-state index contributed by atoms with van der Waals surface area (Å²) in [4.78, 5) is 18.6. The lowest BCUT2D eigenvalue weighted by atomic mass is 10.0. The number of morpholine rings is 1. The Hall–Kier alpha value is -2.22. The van der Waals surface area contributed by atoms with E-state index in [1.165, 1.54) is 0 Å². The fourth-order valence-corrected chi connectivity index (χ4v) is 3.73. The molecule has 8 nitrogen and oxygen atoms in total. The van der Waals surface area contributed by atoms with Gasteiger partial charge in [-0.15, -0.1) is 0 Å². The summed E-state index contributed by atoms with van der Waals surface area (Å²) in [5.41, 5.74) is 5.40. The average Bonchev–Trinajstić information content (AvgIpc) is 3.06. The zero-order chi connectivity index (χ0) is 16.7. The predicted octanol–water partition coefficient (Wildman–Crippen LogP) is -0.905. The SMILES string of the molecule is C[C@@H]1COCCN1C1=CC(N2CCNC(=O)C2)=C2C=NNC2N1C. The van der Waals surface area contributed by atoms with Crippen LogP contribution in [-0.2, 0) is 9.53 Å². The minimum Gasteiger partial charge on any atom is -0.377 e. The lowest BCUT2D eigenvalue weighted by molar-refractivity contribution is -0.123. The second-order valence-electron chi connectivity index (χ2n) is 6.63. The molecule has 0 aliphatic carbocycles. The van der Waals surface area contributed by atoms with Gasteiger partial charge in [-0.1, -0.05) is 0 Å². The molecular formula is C16H24N6O2. The highest BCUT2D eigenvalue weighted by molar-refractivity contribution is 5.85. The lowest BCUT2D eigenvalue weighted by Gasteiger charge is -2.45. The first kappa shape index (κ1) is 15.3. The summed E-state index contributed by atoms with van der Waals surface area (Å²) in [5, 5.41) is 7.15. The largest absolute Gasteiger partial charge is 0.377 e. The third kappa shape index (κ3) is 2.50. The smallest absolute Gasteiger partial charge is 0.239 e. The van der Waals surface area contributed by atoms with Gasteiger partial charge in [-0.25, -0.2) is 0 Å². The van der Waals surface area contributed by atoms with Crippen LogP contribution in [0.25, 0.3) is 0 Å². The predicted molar refractivity (Wildman–Crippen MR) is 89.9 cm³/mol. The molecule has 2 fully saturated rings. The van der Waals surface area contributed by atoms with Gasteiger partial charge in [0.15, 0.2) is 0 Å². The van der Waals surface area contributed by atoms with Crippen molar-refractivity contribution >= 4 is 12.1 Å². The van der Waals surface area contributed by atoms with Gasteiger partial charge in [0, 0.05) is 44.0 Å². The van der Waals surface area contributed by atoms with Crippen molar-refractivity contribution in [3.05, 3.63) is 23.2 Å². The molecule has 0 aromatic carbocycles. The van der Waals surface area contributed by atoms with Gasteiger partial charge in [-0.2, -0.15) is 5.10 Å². The van der Waals surface area contributed by atoms with Crippen molar-refractivity contribution in [2.45, 2.75) is 19.1 Å². The summed E-state index contributed by atoms with van der Waals surface area (Å²) >= 11 is 0. The highest BCUT2D eigenvalue weighted by Gasteiger charge is 2.36. The molecule has 0 saturated carbocycles.